The fourth-order valence-corrected chi connectivity index (χ4v) is 3.78. The molecule has 1 aliphatic rings. The van der Waals surface area contributed by atoms with Crippen molar-refractivity contribution in [1.29, 1.82) is 0 Å². The number of hydrogen-bond acceptors (Lipinski definition) is 3. The summed E-state index contributed by atoms with van der Waals surface area (Å²) in [4.78, 5) is 4.24. The molecule has 3 N–H and O–H groups in total. The van der Waals surface area contributed by atoms with Crippen LogP contribution in [0.1, 0.15) is 30.4 Å². The third-order valence-corrected chi connectivity index (χ3v) is 6.48. The lowest BCUT2D eigenvalue weighted by atomic mass is 9.84. The van der Waals surface area contributed by atoms with Gasteiger partial charge in [-0.15, -0.1) is 24.0 Å². The topological polar surface area (TPSA) is 84.5 Å². The molecule has 2 rings (SSSR count). The first-order valence-corrected chi connectivity index (χ1v) is 8.96. The highest BCUT2D eigenvalue weighted by molar-refractivity contribution is 14.0. The minimum absolute atomic E-state index is 0. The van der Waals surface area contributed by atoms with Crippen LogP contribution in [0.4, 0.5) is 5.69 Å². The van der Waals surface area contributed by atoms with E-state index in [1.54, 1.807) is 0 Å². The highest BCUT2D eigenvalue weighted by atomic mass is 127. The normalized spacial score (nSPS) is 17.3. The van der Waals surface area contributed by atoms with Crippen LogP contribution in [0.5, 0.6) is 0 Å². The predicted molar refractivity (Wildman–Crippen MR) is 103 cm³/mol. The van der Waals surface area contributed by atoms with E-state index in [2.05, 4.69) is 10.3 Å². The van der Waals surface area contributed by atoms with Crippen molar-refractivity contribution < 1.29 is 8.42 Å². The van der Waals surface area contributed by atoms with E-state index < -0.39 is 14.6 Å². The summed E-state index contributed by atoms with van der Waals surface area (Å²) in [6, 6.07) is 5.93. The highest BCUT2D eigenvalue weighted by Gasteiger charge is 2.46. The van der Waals surface area contributed by atoms with Crippen molar-refractivity contribution in [1.82, 2.24) is 0 Å². The Morgan fingerprint density at radius 3 is 2.41 bits per heavy atom. The van der Waals surface area contributed by atoms with Crippen molar-refractivity contribution in [2.45, 2.75) is 37.9 Å². The summed E-state index contributed by atoms with van der Waals surface area (Å²) >= 11 is 0. The van der Waals surface area contributed by atoms with Gasteiger partial charge in [0.1, 0.15) is 0 Å². The number of nitrogens with zero attached hydrogens (tertiary/aromatic N) is 1. The van der Waals surface area contributed by atoms with Gasteiger partial charge >= 0.3 is 0 Å². The zero-order valence-corrected chi connectivity index (χ0v) is 16.4. The molecule has 0 atom stereocenters. The van der Waals surface area contributed by atoms with Crippen LogP contribution in [0, 0.1) is 13.8 Å². The number of guanidine groups is 1. The first-order valence-electron chi connectivity index (χ1n) is 7.07. The van der Waals surface area contributed by atoms with Crippen molar-refractivity contribution >= 4 is 45.5 Å². The van der Waals surface area contributed by atoms with Crippen molar-refractivity contribution in [2.75, 3.05) is 18.1 Å². The Hall–Kier alpha value is -0.830. The lowest BCUT2D eigenvalue weighted by molar-refractivity contribution is 0.347. The molecule has 7 heteroatoms. The number of nitrogens with two attached hydrogens (primary N) is 1. The Labute approximate surface area is 149 Å². The van der Waals surface area contributed by atoms with Crippen LogP contribution in [0.15, 0.2) is 23.2 Å². The third kappa shape index (κ3) is 4.13. The zero-order valence-electron chi connectivity index (χ0n) is 13.2. The van der Waals surface area contributed by atoms with Gasteiger partial charge in [0.25, 0.3) is 0 Å². The van der Waals surface area contributed by atoms with Crippen LogP contribution in [-0.4, -0.2) is 31.9 Å². The number of anilines is 1. The number of aryl methyl sites for hydroxylation is 2. The van der Waals surface area contributed by atoms with E-state index in [4.69, 9.17) is 5.73 Å². The SMILES string of the molecule is Cc1ccc(NC(N)=NCC2(S(C)(=O)=O)CCC2)cc1C.I. The molecule has 5 nitrogen and oxygen atoms in total. The Bertz CT molecular complexity index is 667. The summed E-state index contributed by atoms with van der Waals surface area (Å²) < 4.78 is 23.0. The molecule has 0 spiro atoms. The molecule has 0 aromatic heterocycles. The van der Waals surface area contributed by atoms with Crippen LogP contribution in [-0.2, 0) is 9.84 Å². The maximum Gasteiger partial charge on any atom is 0.193 e. The molecule has 1 fully saturated rings. The van der Waals surface area contributed by atoms with Crippen molar-refractivity contribution in [3.63, 3.8) is 0 Å². The van der Waals surface area contributed by atoms with Crippen LogP contribution < -0.4 is 11.1 Å². The van der Waals surface area contributed by atoms with Crippen LogP contribution in [0.2, 0.25) is 0 Å². The van der Waals surface area contributed by atoms with Gasteiger partial charge in [0, 0.05) is 11.9 Å². The maximum atomic E-state index is 11.9. The van der Waals surface area contributed by atoms with Crippen LogP contribution in [0.3, 0.4) is 0 Å². The lowest BCUT2D eigenvalue weighted by Gasteiger charge is -2.38. The van der Waals surface area contributed by atoms with Gasteiger partial charge in [0.2, 0.25) is 0 Å². The van der Waals surface area contributed by atoms with Gasteiger partial charge < -0.3 is 11.1 Å². The van der Waals surface area contributed by atoms with E-state index in [-0.39, 0.29) is 36.5 Å². The summed E-state index contributed by atoms with van der Waals surface area (Å²) in [5, 5.41) is 3.02. The van der Waals surface area contributed by atoms with E-state index in [1.807, 2.05) is 32.0 Å². The minimum atomic E-state index is -3.10. The molecule has 0 aliphatic heterocycles. The Morgan fingerprint density at radius 1 is 1.32 bits per heavy atom. The van der Waals surface area contributed by atoms with E-state index >= 15 is 0 Å². The van der Waals surface area contributed by atoms with Gasteiger partial charge in [0.05, 0.1) is 11.3 Å². The number of halogens is 1. The molecule has 0 bridgehead atoms. The van der Waals surface area contributed by atoms with E-state index in [0.29, 0.717) is 12.8 Å². The Balaban J connectivity index is 0.00000242. The second-order valence-corrected chi connectivity index (χ2v) is 8.34. The molecular formula is C15H24IN3O2S. The predicted octanol–water partition coefficient (Wildman–Crippen LogP) is 2.62. The average Bonchev–Trinajstić information content (AvgIpc) is 2.30. The molecule has 0 radical (unpaired) electrons. The van der Waals surface area contributed by atoms with E-state index in [0.717, 1.165) is 12.1 Å². The fourth-order valence-electron chi connectivity index (χ4n) is 2.45. The highest BCUT2D eigenvalue weighted by Crippen LogP contribution is 2.39. The fraction of sp³-hybridized carbons (Fsp3) is 0.533. The Morgan fingerprint density at radius 2 is 1.95 bits per heavy atom. The maximum absolute atomic E-state index is 11.9. The lowest BCUT2D eigenvalue weighted by Crippen LogP contribution is -2.48. The monoisotopic (exact) mass is 437 g/mol. The van der Waals surface area contributed by atoms with Crippen LogP contribution >= 0.6 is 24.0 Å². The number of nitrogens with one attached hydrogen (secondary N) is 1. The smallest absolute Gasteiger partial charge is 0.193 e. The third-order valence-electron chi connectivity index (χ3n) is 4.37. The van der Waals surface area contributed by atoms with Gasteiger partial charge in [-0.1, -0.05) is 12.5 Å². The second-order valence-electron chi connectivity index (χ2n) is 5.93. The number of hydrogen-bond donors (Lipinski definition) is 2. The van der Waals surface area contributed by atoms with Gasteiger partial charge in [-0.25, -0.2) is 8.42 Å². The van der Waals surface area contributed by atoms with Gasteiger partial charge in [-0.3, -0.25) is 4.99 Å². The second kappa shape index (κ2) is 7.16. The van der Waals surface area contributed by atoms with E-state index in [1.165, 1.54) is 17.4 Å². The molecule has 1 saturated carbocycles. The first-order chi connectivity index (χ1) is 9.73. The largest absolute Gasteiger partial charge is 0.370 e. The summed E-state index contributed by atoms with van der Waals surface area (Å²) in [6.07, 6.45) is 3.57. The minimum Gasteiger partial charge on any atom is -0.370 e. The summed E-state index contributed by atoms with van der Waals surface area (Å²) in [6.45, 7) is 4.30. The molecule has 1 aromatic carbocycles. The number of benzene rings is 1. The quantitative estimate of drug-likeness (QED) is 0.431. The van der Waals surface area contributed by atoms with Crippen LogP contribution in [0.25, 0.3) is 0 Å². The molecule has 0 heterocycles. The number of rotatable bonds is 4. The molecule has 0 unspecified atom stereocenters. The van der Waals surface area contributed by atoms with Crippen molar-refractivity contribution in [3.8, 4) is 0 Å². The molecule has 0 saturated heterocycles. The van der Waals surface area contributed by atoms with E-state index in [9.17, 15) is 8.42 Å². The molecule has 1 aromatic rings. The first kappa shape index (κ1) is 19.2. The Kier molecular flexibility index (Phi) is 6.26. The molecule has 1 aliphatic carbocycles. The van der Waals surface area contributed by atoms with Gasteiger partial charge in [0.15, 0.2) is 15.8 Å². The van der Waals surface area contributed by atoms with Gasteiger partial charge in [-0.2, -0.15) is 0 Å². The molecular weight excluding hydrogens is 413 g/mol. The van der Waals surface area contributed by atoms with Gasteiger partial charge in [-0.05, 0) is 49.9 Å². The molecule has 124 valence electrons. The summed E-state index contributed by atoms with van der Waals surface area (Å²) in [7, 11) is -3.10. The summed E-state index contributed by atoms with van der Waals surface area (Å²) in [5.74, 6) is 0.258. The van der Waals surface area contributed by atoms with Crippen molar-refractivity contribution in [3.05, 3.63) is 29.3 Å². The number of sulfone groups is 1. The van der Waals surface area contributed by atoms with Crippen molar-refractivity contribution in [2.24, 2.45) is 10.7 Å². The standard InChI is InChI=1S/C15H23N3O2S.HI/c1-11-5-6-13(9-12(11)2)18-14(16)17-10-15(7-4-8-15)21(3,19)20;/h5-6,9H,4,7-8,10H2,1-3H3,(H3,16,17,18);1H. The zero-order chi connectivity index (χ0) is 15.7. The molecule has 0 amide bonds. The molecule has 22 heavy (non-hydrogen) atoms. The summed E-state index contributed by atoms with van der Waals surface area (Å²) in [5.41, 5.74) is 9.11. The average molecular weight is 437 g/mol. The number of aliphatic imine (C=N–C) groups is 1.